The number of nitrogens with zero attached hydrogens (tertiary/aromatic N) is 3. The van der Waals surface area contributed by atoms with Crippen LogP contribution in [0.3, 0.4) is 0 Å². The summed E-state index contributed by atoms with van der Waals surface area (Å²) in [4.78, 5) is 4.52. The van der Waals surface area contributed by atoms with Gasteiger partial charge in [0.25, 0.3) is 0 Å². The third-order valence-corrected chi connectivity index (χ3v) is 4.53. The van der Waals surface area contributed by atoms with Gasteiger partial charge in [0.15, 0.2) is 17.4 Å². The number of nitriles is 1. The predicted octanol–water partition coefficient (Wildman–Crippen LogP) is 3.11. The zero-order valence-corrected chi connectivity index (χ0v) is 15.4. The van der Waals surface area contributed by atoms with Gasteiger partial charge in [-0.05, 0) is 43.0 Å². The van der Waals surface area contributed by atoms with Crippen molar-refractivity contribution in [2.45, 2.75) is 0 Å². The molecule has 26 heavy (non-hydrogen) atoms. The monoisotopic (exact) mass is 353 g/mol. The number of piperazine rings is 1. The standard InChI is InChI=1S/C20H23N3O3/c1-22-8-10-23(11-9-22)20-7-5-17(26-20)12-16(14-21)15-4-6-18(24-2)19(13-15)25-3/h4-7,12-13H,8-11H2,1-3H3. The molecule has 1 saturated heterocycles. The third-order valence-electron chi connectivity index (χ3n) is 4.53. The minimum Gasteiger partial charge on any atom is -0.493 e. The number of furan rings is 1. The Hall–Kier alpha value is -2.91. The van der Waals surface area contributed by atoms with E-state index in [-0.39, 0.29) is 0 Å². The van der Waals surface area contributed by atoms with Crippen LogP contribution in [0.5, 0.6) is 11.5 Å². The number of hydrogen-bond donors (Lipinski definition) is 0. The molecule has 0 aliphatic carbocycles. The van der Waals surface area contributed by atoms with Crippen molar-refractivity contribution < 1.29 is 13.9 Å². The molecule has 0 N–H and O–H groups in total. The summed E-state index contributed by atoms with van der Waals surface area (Å²) in [5.41, 5.74) is 1.26. The second-order valence-electron chi connectivity index (χ2n) is 6.21. The summed E-state index contributed by atoms with van der Waals surface area (Å²) >= 11 is 0. The quantitative estimate of drug-likeness (QED) is 0.770. The molecule has 6 heteroatoms. The lowest BCUT2D eigenvalue weighted by Crippen LogP contribution is -2.44. The lowest BCUT2D eigenvalue weighted by molar-refractivity contribution is 0.306. The first kappa shape index (κ1) is 17.9. The molecule has 1 fully saturated rings. The summed E-state index contributed by atoms with van der Waals surface area (Å²) in [7, 11) is 5.28. The van der Waals surface area contributed by atoms with E-state index in [0.717, 1.165) is 37.6 Å². The van der Waals surface area contributed by atoms with Gasteiger partial charge in [0.05, 0.1) is 25.9 Å². The fraction of sp³-hybridized carbons (Fsp3) is 0.350. The van der Waals surface area contributed by atoms with Crippen LogP contribution in [0.25, 0.3) is 11.6 Å². The summed E-state index contributed by atoms with van der Waals surface area (Å²) < 4.78 is 16.5. The average molecular weight is 353 g/mol. The summed E-state index contributed by atoms with van der Waals surface area (Å²) in [5.74, 6) is 2.71. The van der Waals surface area contributed by atoms with Crippen molar-refractivity contribution in [2.75, 3.05) is 52.3 Å². The number of hydrogen-bond acceptors (Lipinski definition) is 6. The van der Waals surface area contributed by atoms with Gasteiger partial charge in [-0.1, -0.05) is 0 Å². The molecule has 0 radical (unpaired) electrons. The molecule has 2 heterocycles. The number of methoxy groups -OCH3 is 2. The maximum atomic E-state index is 9.57. The van der Waals surface area contributed by atoms with Crippen LogP contribution in [0, 0.1) is 11.3 Å². The lowest BCUT2D eigenvalue weighted by Gasteiger charge is -2.32. The Bertz CT molecular complexity index is 827. The molecule has 0 spiro atoms. The van der Waals surface area contributed by atoms with E-state index in [1.54, 1.807) is 32.4 Å². The highest BCUT2D eigenvalue weighted by atomic mass is 16.5. The summed E-state index contributed by atoms with van der Waals surface area (Å²) in [5, 5.41) is 9.57. The van der Waals surface area contributed by atoms with E-state index in [4.69, 9.17) is 13.9 Å². The van der Waals surface area contributed by atoms with Crippen LogP contribution in [-0.4, -0.2) is 52.3 Å². The van der Waals surface area contributed by atoms with Gasteiger partial charge in [-0.25, -0.2) is 0 Å². The molecule has 0 atom stereocenters. The van der Waals surface area contributed by atoms with Crippen LogP contribution in [0.4, 0.5) is 5.88 Å². The maximum absolute atomic E-state index is 9.57. The van der Waals surface area contributed by atoms with E-state index in [1.165, 1.54) is 0 Å². The Kier molecular flexibility index (Phi) is 5.49. The van der Waals surface area contributed by atoms with Gasteiger partial charge in [0, 0.05) is 32.2 Å². The Labute approximate surface area is 153 Å². The highest BCUT2D eigenvalue weighted by Gasteiger charge is 2.17. The van der Waals surface area contributed by atoms with Crippen molar-refractivity contribution in [3.8, 4) is 17.6 Å². The molecule has 1 aromatic carbocycles. The molecule has 2 aromatic rings. The number of anilines is 1. The molecule has 6 nitrogen and oxygen atoms in total. The number of likely N-dealkylation sites (N-methyl/N-ethyl adjacent to an activating group) is 1. The van der Waals surface area contributed by atoms with E-state index in [1.807, 2.05) is 18.2 Å². The van der Waals surface area contributed by atoms with E-state index in [9.17, 15) is 5.26 Å². The van der Waals surface area contributed by atoms with Crippen LogP contribution in [0.1, 0.15) is 11.3 Å². The number of allylic oxidation sites excluding steroid dienone is 1. The third kappa shape index (κ3) is 3.84. The van der Waals surface area contributed by atoms with Crippen LogP contribution >= 0.6 is 0 Å². The smallest absolute Gasteiger partial charge is 0.196 e. The van der Waals surface area contributed by atoms with Crippen molar-refractivity contribution in [1.82, 2.24) is 4.90 Å². The second-order valence-corrected chi connectivity index (χ2v) is 6.21. The van der Waals surface area contributed by atoms with E-state index in [2.05, 4.69) is 22.9 Å². The molecule has 0 amide bonds. The van der Waals surface area contributed by atoms with E-state index in [0.29, 0.717) is 22.8 Å². The maximum Gasteiger partial charge on any atom is 0.196 e. The minimum atomic E-state index is 0.505. The largest absolute Gasteiger partial charge is 0.493 e. The second kappa shape index (κ2) is 7.98. The first-order chi connectivity index (χ1) is 12.6. The molecular weight excluding hydrogens is 330 g/mol. The molecule has 1 aromatic heterocycles. The SMILES string of the molecule is COc1ccc(C(C#N)=Cc2ccc(N3CCN(C)CC3)o2)cc1OC. The summed E-state index contributed by atoms with van der Waals surface area (Å²) in [6, 6.07) is 11.5. The normalized spacial score (nSPS) is 15.6. The fourth-order valence-electron chi connectivity index (χ4n) is 2.94. The van der Waals surface area contributed by atoms with Gasteiger partial charge in [0.1, 0.15) is 5.76 Å². The molecule has 1 aliphatic heterocycles. The van der Waals surface area contributed by atoms with E-state index >= 15 is 0 Å². The summed E-state index contributed by atoms with van der Waals surface area (Å²) in [6.45, 7) is 3.91. The first-order valence-electron chi connectivity index (χ1n) is 8.52. The van der Waals surface area contributed by atoms with Crippen LogP contribution < -0.4 is 14.4 Å². The Morgan fingerprint density at radius 2 is 1.81 bits per heavy atom. The Balaban J connectivity index is 1.83. The molecule has 0 bridgehead atoms. The Morgan fingerprint density at radius 3 is 2.46 bits per heavy atom. The van der Waals surface area contributed by atoms with Crippen LogP contribution in [0.15, 0.2) is 34.7 Å². The van der Waals surface area contributed by atoms with Gasteiger partial charge >= 0.3 is 0 Å². The molecule has 3 rings (SSSR count). The Morgan fingerprint density at radius 1 is 1.08 bits per heavy atom. The molecule has 0 saturated carbocycles. The van der Waals surface area contributed by atoms with Gasteiger partial charge in [-0.15, -0.1) is 0 Å². The molecular formula is C20H23N3O3. The fourth-order valence-corrected chi connectivity index (χ4v) is 2.94. The number of rotatable bonds is 5. The van der Waals surface area contributed by atoms with Gasteiger partial charge < -0.3 is 23.7 Å². The van der Waals surface area contributed by atoms with Crippen molar-refractivity contribution in [1.29, 1.82) is 5.26 Å². The van der Waals surface area contributed by atoms with Crippen molar-refractivity contribution in [2.24, 2.45) is 0 Å². The van der Waals surface area contributed by atoms with Gasteiger partial charge in [-0.3, -0.25) is 0 Å². The predicted molar refractivity (Wildman–Crippen MR) is 101 cm³/mol. The minimum absolute atomic E-state index is 0.505. The summed E-state index contributed by atoms with van der Waals surface area (Å²) in [6.07, 6.45) is 1.75. The molecule has 136 valence electrons. The van der Waals surface area contributed by atoms with Gasteiger partial charge in [0.2, 0.25) is 0 Å². The van der Waals surface area contributed by atoms with Crippen molar-refractivity contribution >= 4 is 17.5 Å². The van der Waals surface area contributed by atoms with Crippen molar-refractivity contribution in [3.05, 3.63) is 41.7 Å². The van der Waals surface area contributed by atoms with Crippen LogP contribution in [0.2, 0.25) is 0 Å². The zero-order chi connectivity index (χ0) is 18.5. The average Bonchev–Trinajstić information content (AvgIpc) is 3.14. The van der Waals surface area contributed by atoms with Crippen LogP contribution in [-0.2, 0) is 0 Å². The topological polar surface area (TPSA) is 61.9 Å². The molecule has 0 unspecified atom stereocenters. The van der Waals surface area contributed by atoms with Crippen molar-refractivity contribution in [3.63, 3.8) is 0 Å². The molecule has 1 aliphatic rings. The van der Waals surface area contributed by atoms with Gasteiger partial charge in [-0.2, -0.15) is 5.26 Å². The number of ether oxygens (including phenoxy) is 2. The highest BCUT2D eigenvalue weighted by Crippen LogP contribution is 2.31. The zero-order valence-electron chi connectivity index (χ0n) is 15.4. The number of benzene rings is 1. The van der Waals surface area contributed by atoms with E-state index < -0.39 is 0 Å². The lowest BCUT2D eigenvalue weighted by atomic mass is 10.1. The first-order valence-corrected chi connectivity index (χ1v) is 8.52. The highest BCUT2D eigenvalue weighted by molar-refractivity contribution is 5.89.